The van der Waals surface area contributed by atoms with Gasteiger partial charge in [0.05, 0.1) is 16.0 Å². The first kappa shape index (κ1) is 21.9. The van der Waals surface area contributed by atoms with E-state index in [1.165, 1.54) is 27.0 Å². The summed E-state index contributed by atoms with van der Waals surface area (Å²) in [5.41, 5.74) is 4.38. The fourth-order valence-electron chi connectivity index (χ4n) is 2.87. The predicted molar refractivity (Wildman–Crippen MR) is 133 cm³/mol. The first-order chi connectivity index (χ1) is 15.5. The van der Waals surface area contributed by atoms with Gasteiger partial charge in [0.2, 0.25) is 0 Å². The number of amides is 1. The lowest BCUT2D eigenvalue weighted by Gasteiger charge is -2.06. The van der Waals surface area contributed by atoms with E-state index < -0.39 is 4.92 Å². The second-order valence-electron chi connectivity index (χ2n) is 6.77. The van der Waals surface area contributed by atoms with Crippen molar-refractivity contribution in [3.63, 3.8) is 0 Å². The third kappa shape index (κ3) is 5.48. The summed E-state index contributed by atoms with van der Waals surface area (Å²) < 4.78 is 7.76. The number of nitro groups is 1. The standard InChI is InChI=1S/C23H16IN3O4S/c24-18-5-1-16(2-6-18)14-31-20-8-3-15(4-9-20)13-25-26-23(28)22-12-17-11-19(27(29)30)7-10-21(17)32-22/h1-13H,14H2,(H,26,28)/b25-13-. The molecule has 0 radical (unpaired) electrons. The number of nitrogens with one attached hydrogen (secondary N) is 1. The molecule has 0 bridgehead atoms. The molecule has 3 aromatic carbocycles. The van der Waals surface area contributed by atoms with Crippen molar-refractivity contribution >= 4 is 61.8 Å². The van der Waals surface area contributed by atoms with Crippen LogP contribution in [0.15, 0.2) is 77.9 Å². The summed E-state index contributed by atoms with van der Waals surface area (Å²) in [4.78, 5) is 23.2. The van der Waals surface area contributed by atoms with E-state index in [4.69, 9.17) is 4.74 Å². The van der Waals surface area contributed by atoms with Crippen molar-refractivity contribution < 1.29 is 14.5 Å². The number of halogens is 1. The van der Waals surface area contributed by atoms with Crippen LogP contribution in [0, 0.1) is 13.7 Å². The molecule has 160 valence electrons. The highest BCUT2D eigenvalue weighted by Crippen LogP contribution is 2.28. The van der Waals surface area contributed by atoms with Crippen LogP contribution in [0.4, 0.5) is 5.69 Å². The van der Waals surface area contributed by atoms with Gasteiger partial charge >= 0.3 is 0 Å². The molecule has 9 heteroatoms. The summed E-state index contributed by atoms with van der Waals surface area (Å²) in [6, 6.07) is 21.6. The molecule has 7 nitrogen and oxygen atoms in total. The SMILES string of the molecule is O=C(N/N=C\c1ccc(OCc2ccc(I)cc2)cc1)c1cc2cc([N+](=O)[O-])ccc2s1. The molecule has 1 N–H and O–H groups in total. The maximum Gasteiger partial charge on any atom is 0.281 e. The zero-order valence-corrected chi connectivity index (χ0v) is 19.5. The first-order valence-corrected chi connectivity index (χ1v) is 11.4. The van der Waals surface area contributed by atoms with E-state index in [-0.39, 0.29) is 11.6 Å². The smallest absolute Gasteiger partial charge is 0.281 e. The maximum absolute atomic E-state index is 12.3. The molecule has 0 saturated carbocycles. The highest BCUT2D eigenvalue weighted by Gasteiger charge is 2.12. The number of ether oxygens (including phenoxy) is 1. The van der Waals surface area contributed by atoms with Gasteiger partial charge < -0.3 is 4.74 Å². The molecule has 0 aliphatic heterocycles. The number of hydrogen-bond donors (Lipinski definition) is 1. The molecule has 0 spiro atoms. The molecule has 1 aromatic heterocycles. The Kier molecular flexibility index (Phi) is 6.76. The number of non-ortho nitro benzene ring substituents is 1. The lowest BCUT2D eigenvalue weighted by Crippen LogP contribution is -2.16. The highest BCUT2D eigenvalue weighted by molar-refractivity contribution is 14.1. The summed E-state index contributed by atoms with van der Waals surface area (Å²) in [5, 5.41) is 15.5. The molecule has 0 atom stereocenters. The molecule has 0 saturated heterocycles. The molecule has 0 aliphatic carbocycles. The van der Waals surface area contributed by atoms with Crippen LogP contribution in [0.1, 0.15) is 20.8 Å². The Labute approximate surface area is 201 Å². The van der Waals surface area contributed by atoms with Crippen LogP contribution in [0.3, 0.4) is 0 Å². The second kappa shape index (κ2) is 9.88. The van der Waals surface area contributed by atoms with Crippen LogP contribution >= 0.6 is 33.9 Å². The second-order valence-corrected chi connectivity index (χ2v) is 9.10. The monoisotopic (exact) mass is 557 g/mol. The van der Waals surface area contributed by atoms with Gasteiger partial charge in [0.25, 0.3) is 11.6 Å². The van der Waals surface area contributed by atoms with Crippen LogP contribution < -0.4 is 10.2 Å². The number of fused-ring (bicyclic) bond motifs is 1. The Morgan fingerprint density at radius 2 is 1.84 bits per heavy atom. The van der Waals surface area contributed by atoms with Crippen molar-refractivity contribution in [3.8, 4) is 5.75 Å². The van der Waals surface area contributed by atoms with E-state index in [1.54, 1.807) is 18.3 Å². The summed E-state index contributed by atoms with van der Waals surface area (Å²) in [7, 11) is 0. The lowest BCUT2D eigenvalue weighted by molar-refractivity contribution is -0.384. The van der Waals surface area contributed by atoms with Crippen molar-refractivity contribution in [1.82, 2.24) is 5.43 Å². The van der Waals surface area contributed by atoms with Gasteiger partial charge in [-0.05, 0) is 82.2 Å². The predicted octanol–water partition coefficient (Wildman–Crippen LogP) is 5.76. The molecule has 1 amide bonds. The average Bonchev–Trinajstić information content (AvgIpc) is 3.23. The normalized spacial score (nSPS) is 11.0. The Morgan fingerprint density at radius 1 is 1.09 bits per heavy atom. The van der Waals surface area contributed by atoms with Crippen molar-refractivity contribution in [2.75, 3.05) is 0 Å². The molecule has 0 unspecified atom stereocenters. The molecule has 0 aliphatic rings. The van der Waals surface area contributed by atoms with Crippen LogP contribution in [0.25, 0.3) is 10.1 Å². The van der Waals surface area contributed by atoms with E-state index >= 15 is 0 Å². The fraction of sp³-hybridized carbons (Fsp3) is 0.0435. The van der Waals surface area contributed by atoms with E-state index in [1.807, 2.05) is 48.5 Å². The largest absolute Gasteiger partial charge is 0.489 e. The van der Waals surface area contributed by atoms with Gasteiger partial charge in [0.15, 0.2) is 0 Å². The molecule has 1 heterocycles. The van der Waals surface area contributed by atoms with Crippen molar-refractivity contribution in [3.05, 3.63) is 102 Å². The fourth-order valence-corrected chi connectivity index (χ4v) is 4.17. The molecular weight excluding hydrogens is 541 g/mol. The third-order valence-corrected chi connectivity index (χ3v) is 6.35. The minimum atomic E-state index is -0.459. The number of hydrogen-bond acceptors (Lipinski definition) is 6. The first-order valence-electron chi connectivity index (χ1n) is 9.47. The minimum absolute atomic E-state index is 0.00810. The van der Waals surface area contributed by atoms with Gasteiger partial charge in [-0.15, -0.1) is 11.3 Å². The number of carbonyl (C=O) groups is 1. The van der Waals surface area contributed by atoms with Gasteiger partial charge in [-0.25, -0.2) is 5.43 Å². The number of nitrogens with zero attached hydrogens (tertiary/aromatic N) is 2. The van der Waals surface area contributed by atoms with Gasteiger partial charge in [0.1, 0.15) is 12.4 Å². The minimum Gasteiger partial charge on any atom is -0.489 e. The Hall–Kier alpha value is -3.31. The zero-order chi connectivity index (χ0) is 22.5. The maximum atomic E-state index is 12.3. The quantitative estimate of drug-likeness (QED) is 0.135. The summed E-state index contributed by atoms with van der Waals surface area (Å²) >= 11 is 3.52. The number of rotatable bonds is 7. The van der Waals surface area contributed by atoms with E-state index in [9.17, 15) is 14.9 Å². The van der Waals surface area contributed by atoms with E-state index in [0.717, 1.165) is 21.6 Å². The van der Waals surface area contributed by atoms with Crippen molar-refractivity contribution in [2.45, 2.75) is 6.61 Å². The van der Waals surface area contributed by atoms with Crippen LogP contribution in [0.5, 0.6) is 5.75 Å². The Morgan fingerprint density at radius 3 is 2.56 bits per heavy atom. The number of benzene rings is 3. The van der Waals surface area contributed by atoms with Crippen molar-refractivity contribution in [2.24, 2.45) is 5.10 Å². The number of carbonyl (C=O) groups excluding carboxylic acids is 1. The van der Waals surface area contributed by atoms with E-state index in [2.05, 4.69) is 33.1 Å². The highest BCUT2D eigenvalue weighted by atomic mass is 127. The van der Waals surface area contributed by atoms with Gasteiger partial charge in [0, 0.05) is 25.8 Å². The summed E-state index contributed by atoms with van der Waals surface area (Å²) in [6.07, 6.45) is 1.54. The van der Waals surface area contributed by atoms with Gasteiger partial charge in [-0.3, -0.25) is 14.9 Å². The molecular formula is C23H16IN3O4S. The van der Waals surface area contributed by atoms with Crippen LogP contribution in [-0.4, -0.2) is 17.0 Å². The summed E-state index contributed by atoms with van der Waals surface area (Å²) in [6.45, 7) is 0.485. The Balaban J connectivity index is 1.33. The van der Waals surface area contributed by atoms with Crippen LogP contribution in [-0.2, 0) is 6.61 Å². The topological polar surface area (TPSA) is 93.8 Å². The third-order valence-electron chi connectivity index (χ3n) is 4.51. The zero-order valence-electron chi connectivity index (χ0n) is 16.5. The molecule has 4 rings (SSSR count). The van der Waals surface area contributed by atoms with Crippen LogP contribution in [0.2, 0.25) is 0 Å². The van der Waals surface area contributed by atoms with Crippen molar-refractivity contribution in [1.29, 1.82) is 0 Å². The Bertz CT molecular complexity index is 1300. The number of thiophene rings is 1. The average molecular weight is 557 g/mol. The van der Waals surface area contributed by atoms with Gasteiger partial charge in [-0.1, -0.05) is 12.1 Å². The van der Waals surface area contributed by atoms with Gasteiger partial charge in [-0.2, -0.15) is 5.10 Å². The molecule has 4 aromatic rings. The molecule has 0 fully saturated rings. The number of hydrazone groups is 1. The molecule has 32 heavy (non-hydrogen) atoms. The summed E-state index contributed by atoms with van der Waals surface area (Å²) in [5.74, 6) is 0.367. The van der Waals surface area contributed by atoms with E-state index in [0.29, 0.717) is 16.9 Å². The lowest BCUT2D eigenvalue weighted by atomic mass is 10.2. The number of nitro benzene ring substituents is 1.